The maximum Gasteiger partial charge on any atom is 0.339 e. The van der Waals surface area contributed by atoms with Gasteiger partial charge in [-0.3, -0.25) is 0 Å². The molecule has 0 aliphatic rings. The molecule has 0 fully saturated rings. The van der Waals surface area contributed by atoms with Crippen molar-refractivity contribution in [3.05, 3.63) is 46.5 Å². The van der Waals surface area contributed by atoms with Crippen LogP contribution in [0.3, 0.4) is 0 Å². The van der Waals surface area contributed by atoms with Gasteiger partial charge in [-0.25, -0.2) is 9.59 Å². The highest BCUT2D eigenvalue weighted by Gasteiger charge is 2.20. The third-order valence-electron chi connectivity index (χ3n) is 3.31. The molecule has 2 aromatic rings. The van der Waals surface area contributed by atoms with E-state index >= 15 is 0 Å². The minimum absolute atomic E-state index is 0.0882. The Morgan fingerprint density at radius 1 is 0.652 bits per heavy atom. The lowest BCUT2D eigenvalue weighted by Crippen LogP contribution is -2.00. The van der Waals surface area contributed by atoms with E-state index < -0.39 is 46.1 Å². The molecule has 0 spiro atoms. The first kappa shape index (κ1) is 16.0. The van der Waals surface area contributed by atoms with E-state index in [1.54, 1.807) is 0 Å². The van der Waals surface area contributed by atoms with Gasteiger partial charge in [0.1, 0.15) is 11.1 Å². The third-order valence-corrected chi connectivity index (χ3v) is 3.31. The maximum absolute atomic E-state index is 10.8. The molecule has 0 unspecified atom stereocenters. The highest BCUT2D eigenvalue weighted by Crippen LogP contribution is 2.38. The molecule has 2 rings (SSSR count). The number of aromatic hydroxyl groups is 4. The summed E-state index contributed by atoms with van der Waals surface area (Å²) < 4.78 is 0. The summed E-state index contributed by atoms with van der Waals surface area (Å²) in [5.41, 5.74) is -0.797. The number of aromatic carboxylic acids is 2. The van der Waals surface area contributed by atoms with E-state index in [1.807, 2.05) is 0 Å². The molecule has 0 heterocycles. The van der Waals surface area contributed by atoms with Gasteiger partial charge in [0.2, 0.25) is 0 Å². The average Bonchev–Trinajstić information content (AvgIpc) is 2.48. The summed E-state index contributed by atoms with van der Waals surface area (Å²) in [4.78, 5) is 21.7. The number of hydrogen-bond acceptors (Lipinski definition) is 6. The van der Waals surface area contributed by atoms with Gasteiger partial charge >= 0.3 is 11.9 Å². The van der Waals surface area contributed by atoms with Crippen molar-refractivity contribution in [3.8, 4) is 23.0 Å². The molecule has 0 aromatic heterocycles. The lowest BCUT2D eigenvalue weighted by atomic mass is 9.99. The first-order valence-electron chi connectivity index (χ1n) is 6.28. The van der Waals surface area contributed by atoms with Gasteiger partial charge < -0.3 is 30.6 Å². The van der Waals surface area contributed by atoms with Crippen LogP contribution in [0.4, 0.5) is 0 Å². The number of carbonyl (C=O) groups is 2. The minimum Gasteiger partial charge on any atom is -0.504 e. The Labute approximate surface area is 129 Å². The van der Waals surface area contributed by atoms with Crippen LogP contribution in [-0.2, 0) is 6.42 Å². The minimum atomic E-state index is -1.42. The van der Waals surface area contributed by atoms with Crippen LogP contribution in [0, 0.1) is 0 Å². The molecule has 6 N–H and O–H groups in total. The van der Waals surface area contributed by atoms with Crippen LogP contribution >= 0.6 is 0 Å². The van der Waals surface area contributed by atoms with Gasteiger partial charge in [0.15, 0.2) is 23.0 Å². The monoisotopic (exact) mass is 320 g/mol. The van der Waals surface area contributed by atoms with E-state index in [0.717, 1.165) is 12.1 Å². The molecule has 2 aromatic carbocycles. The largest absolute Gasteiger partial charge is 0.504 e. The van der Waals surface area contributed by atoms with Crippen LogP contribution in [0.1, 0.15) is 31.8 Å². The van der Waals surface area contributed by atoms with Crippen molar-refractivity contribution in [1.82, 2.24) is 0 Å². The van der Waals surface area contributed by atoms with Crippen LogP contribution in [0.5, 0.6) is 23.0 Å². The number of hydrogen-bond donors (Lipinski definition) is 6. The standard InChI is InChI=1S/C15H12O8/c16-10-6(1-3-8(12(10)18)14(20)21)5-7-2-4-9(15(22)23)13(19)11(7)17/h1-4,16-19H,5H2,(H,20,21)(H,22,23). The van der Waals surface area contributed by atoms with Crippen molar-refractivity contribution < 1.29 is 40.2 Å². The zero-order valence-electron chi connectivity index (χ0n) is 11.5. The van der Waals surface area contributed by atoms with Crippen LogP contribution in [0.15, 0.2) is 24.3 Å². The zero-order valence-corrected chi connectivity index (χ0v) is 11.5. The van der Waals surface area contributed by atoms with E-state index in [2.05, 4.69) is 0 Å². The number of phenols is 4. The van der Waals surface area contributed by atoms with Gasteiger partial charge in [-0.2, -0.15) is 0 Å². The van der Waals surface area contributed by atoms with Crippen molar-refractivity contribution in [3.63, 3.8) is 0 Å². The van der Waals surface area contributed by atoms with Crippen molar-refractivity contribution in [2.45, 2.75) is 6.42 Å². The Morgan fingerprint density at radius 3 is 1.30 bits per heavy atom. The molecule has 0 radical (unpaired) electrons. The number of carboxylic acids is 2. The molecule has 0 atom stereocenters. The average molecular weight is 320 g/mol. The Hall–Kier alpha value is -3.42. The molecule has 0 saturated carbocycles. The quantitative estimate of drug-likeness (QED) is 0.463. The van der Waals surface area contributed by atoms with Gasteiger partial charge in [-0.1, -0.05) is 12.1 Å². The van der Waals surface area contributed by atoms with E-state index in [0.29, 0.717) is 0 Å². The van der Waals surface area contributed by atoms with Gasteiger partial charge in [-0.05, 0) is 12.1 Å². The van der Waals surface area contributed by atoms with Crippen molar-refractivity contribution >= 4 is 11.9 Å². The Morgan fingerprint density at radius 2 is 1.00 bits per heavy atom. The summed E-state index contributed by atoms with van der Waals surface area (Å²) in [5.74, 6) is -5.83. The second-order valence-electron chi connectivity index (χ2n) is 4.73. The highest BCUT2D eigenvalue weighted by atomic mass is 16.4. The summed E-state index contributed by atoms with van der Waals surface area (Å²) in [6.45, 7) is 0. The molecule has 8 heteroatoms. The van der Waals surface area contributed by atoms with E-state index in [9.17, 15) is 30.0 Å². The van der Waals surface area contributed by atoms with Gasteiger partial charge in [0.05, 0.1) is 0 Å². The SMILES string of the molecule is O=C(O)c1ccc(Cc2ccc(C(=O)O)c(O)c2O)c(O)c1O. The van der Waals surface area contributed by atoms with Gasteiger partial charge in [0, 0.05) is 17.5 Å². The molecule has 0 aliphatic carbocycles. The van der Waals surface area contributed by atoms with Crippen molar-refractivity contribution in [1.29, 1.82) is 0 Å². The fourth-order valence-corrected chi connectivity index (χ4v) is 2.08. The summed E-state index contributed by atoms with van der Waals surface area (Å²) >= 11 is 0. The fraction of sp³-hybridized carbons (Fsp3) is 0.0667. The molecular weight excluding hydrogens is 308 g/mol. The predicted molar refractivity (Wildman–Crippen MR) is 76.3 cm³/mol. The smallest absolute Gasteiger partial charge is 0.339 e. The molecule has 23 heavy (non-hydrogen) atoms. The first-order chi connectivity index (χ1) is 10.7. The molecular formula is C15H12O8. The second-order valence-corrected chi connectivity index (χ2v) is 4.73. The fourth-order valence-electron chi connectivity index (χ4n) is 2.08. The van der Waals surface area contributed by atoms with Crippen molar-refractivity contribution in [2.24, 2.45) is 0 Å². The molecule has 0 saturated heterocycles. The van der Waals surface area contributed by atoms with Gasteiger partial charge in [-0.15, -0.1) is 0 Å². The van der Waals surface area contributed by atoms with Crippen LogP contribution in [0.2, 0.25) is 0 Å². The topological polar surface area (TPSA) is 156 Å². The number of phenolic OH excluding ortho intramolecular Hbond substituents is 2. The Kier molecular flexibility index (Phi) is 4.00. The summed E-state index contributed by atoms with van der Waals surface area (Å²) in [7, 11) is 0. The number of carboxylic acid groups (broad SMARTS) is 2. The number of benzene rings is 2. The molecule has 0 aliphatic heterocycles. The normalized spacial score (nSPS) is 10.4. The summed E-state index contributed by atoms with van der Waals surface area (Å²) in [6.07, 6.45) is -0.168. The van der Waals surface area contributed by atoms with E-state index in [-0.39, 0.29) is 17.5 Å². The lowest BCUT2D eigenvalue weighted by Gasteiger charge is -2.11. The predicted octanol–water partition coefficient (Wildman–Crippen LogP) is 1.50. The second kappa shape index (κ2) is 5.76. The molecule has 0 amide bonds. The van der Waals surface area contributed by atoms with E-state index in [1.165, 1.54) is 12.1 Å². The third kappa shape index (κ3) is 2.82. The summed E-state index contributed by atoms with van der Waals surface area (Å²) in [5, 5.41) is 56.6. The first-order valence-corrected chi connectivity index (χ1v) is 6.28. The van der Waals surface area contributed by atoms with E-state index in [4.69, 9.17) is 10.2 Å². The molecule has 120 valence electrons. The highest BCUT2D eigenvalue weighted by molar-refractivity contribution is 5.93. The zero-order chi connectivity index (χ0) is 17.3. The maximum atomic E-state index is 10.8. The Balaban J connectivity index is 2.45. The van der Waals surface area contributed by atoms with Crippen molar-refractivity contribution in [2.75, 3.05) is 0 Å². The van der Waals surface area contributed by atoms with Crippen LogP contribution in [-0.4, -0.2) is 42.6 Å². The molecule has 0 bridgehead atoms. The van der Waals surface area contributed by atoms with Crippen LogP contribution in [0.25, 0.3) is 0 Å². The lowest BCUT2D eigenvalue weighted by molar-refractivity contribution is 0.0682. The number of rotatable bonds is 4. The Bertz CT molecular complexity index is 742. The van der Waals surface area contributed by atoms with Gasteiger partial charge in [0.25, 0.3) is 0 Å². The molecule has 8 nitrogen and oxygen atoms in total. The summed E-state index contributed by atoms with van der Waals surface area (Å²) in [6, 6.07) is 4.63. The van der Waals surface area contributed by atoms with Crippen LogP contribution < -0.4 is 0 Å².